The largest absolute Gasteiger partial charge is 0.497 e. The summed E-state index contributed by atoms with van der Waals surface area (Å²) in [5.41, 5.74) is 2.09. The number of benzene rings is 2. The Morgan fingerprint density at radius 2 is 1.86 bits per heavy atom. The molecule has 2 N–H and O–H groups in total. The summed E-state index contributed by atoms with van der Waals surface area (Å²) in [5.74, 6) is 1.32. The van der Waals surface area contributed by atoms with Crippen LogP contribution in [0.3, 0.4) is 0 Å². The molecule has 0 aliphatic carbocycles. The molecular weight excluding hydrogens is 476 g/mol. The number of carbonyl (C=O) groups excluding carboxylic acids is 1. The van der Waals surface area contributed by atoms with Gasteiger partial charge in [0.1, 0.15) is 23.6 Å². The Bertz CT molecular complexity index is 1260. The van der Waals surface area contributed by atoms with Gasteiger partial charge >= 0.3 is 0 Å². The first-order chi connectivity index (χ1) is 18.1. The van der Waals surface area contributed by atoms with Crippen LogP contribution in [0.25, 0.3) is 10.9 Å². The van der Waals surface area contributed by atoms with Crippen LogP contribution in [0, 0.1) is 10.1 Å². The van der Waals surface area contributed by atoms with Crippen molar-refractivity contribution < 1.29 is 14.5 Å². The lowest BCUT2D eigenvalue weighted by molar-refractivity contribution is -0.384. The number of aromatic nitrogens is 2. The Hall–Kier alpha value is -4.03. The molecule has 2 saturated heterocycles. The van der Waals surface area contributed by atoms with Gasteiger partial charge < -0.3 is 20.3 Å². The molecule has 0 atom stereocenters. The highest BCUT2D eigenvalue weighted by molar-refractivity contribution is 5.94. The van der Waals surface area contributed by atoms with E-state index in [4.69, 9.17) is 4.74 Å². The molecule has 37 heavy (non-hydrogen) atoms. The number of piperazine rings is 1. The van der Waals surface area contributed by atoms with Crippen LogP contribution in [0.2, 0.25) is 0 Å². The van der Waals surface area contributed by atoms with Crippen LogP contribution in [0.4, 0.5) is 22.9 Å². The number of hydrogen-bond donors (Lipinski definition) is 2. The van der Waals surface area contributed by atoms with Crippen molar-refractivity contribution in [3.05, 3.63) is 52.8 Å². The fourth-order valence-corrected chi connectivity index (χ4v) is 4.95. The van der Waals surface area contributed by atoms with E-state index in [1.807, 2.05) is 34.2 Å². The second-order valence-corrected chi connectivity index (χ2v) is 9.09. The van der Waals surface area contributed by atoms with E-state index in [9.17, 15) is 14.9 Å². The highest BCUT2D eigenvalue weighted by Crippen LogP contribution is 2.35. The number of piperidine rings is 1. The minimum Gasteiger partial charge on any atom is -0.497 e. The first kappa shape index (κ1) is 24.7. The number of rotatable bonds is 8. The molecule has 3 heterocycles. The second kappa shape index (κ2) is 10.9. The van der Waals surface area contributed by atoms with Gasteiger partial charge in [-0.3, -0.25) is 14.9 Å². The van der Waals surface area contributed by atoms with Crippen LogP contribution in [-0.4, -0.2) is 78.7 Å². The number of fused-ring (bicyclic) bond motifs is 1. The van der Waals surface area contributed by atoms with Gasteiger partial charge in [-0.1, -0.05) is 0 Å². The van der Waals surface area contributed by atoms with Crippen LogP contribution >= 0.6 is 0 Å². The van der Waals surface area contributed by atoms with Crippen LogP contribution < -0.4 is 25.3 Å². The molecule has 0 radical (unpaired) electrons. The Kier molecular flexibility index (Phi) is 7.28. The minimum absolute atomic E-state index is 0.0585. The Labute approximate surface area is 214 Å². The second-order valence-electron chi connectivity index (χ2n) is 9.09. The van der Waals surface area contributed by atoms with Crippen LogP contribution in [0.15, 0.2) is 42.7 Å². The zero-order valence-electron chi connectivity index (χ0n) is 20.7. The predicted octanol–water partition coefficient (Wildman–Crippen LogP) is 2.41. The number of nitrogens with zero attached hydrogens (tertiary/aromatic N) is 6. The Morgan fingerprint density at radius 1 is 1.14 bits per heavy atom. The van der Waals surface area contributed by atoms with Crippen LogP contribution in [0.1, 0.15) is 12.8 Å². The van der Waals surface area contributed by atoms with Crippen molar-refractivity contribution in [3.8, 4) is 5.75 Å². The minimum atomic E-state index is -0.334. The molecule has 5 rings (SSSR count). The predicted molar refractivity (Wildman–Crippen MR) is 141 cm³/mol. The number of hydrogen-bond acceptors (Lipinski definition) is 10. The average Bonchev–Trinajstić information content (AvgIpc) is 2.94. The van der Waals surface area contributed by atoms with Crippen molar-refractivity contribution in [2.45, 2.75) is 18.9 Å². The summed E-state index contributed by atoms with van der Waals surface area (Å²) < 4.78 is 5.21. The lowest BCUT2D eigenvalue weighted by Gasteiger charge is -2.38. The van der Waals surface area contributed by atoms with Crippen molar-refractivity contribution >= 4 is 40.2 Å². The Balaban J connectivity index is 1.31. The van der Waals surface area contributed by atoms with Gasteiger partial charge in [-0.15, -0.1) is 0 Å². The maximum atomic E-state index is 11.9. The summed E-state index contributed by atoms with van der Waals surface area (Å²) in [6.45, 7) is 4.30. The molecule has 0 saturated carbocycles. The van der Waals surface area contributed by atoms with Gasteiger partial charge in [0.05, 0.1) is 23.2 Å². The zero-order chi connectivity index (χ0) is 25.8. The molecule has 12 nitrogen and oxygen atoms in total. The van der Waals surface area contributed by atoms with E-state index in [0.29, 0.717) is 48.6 Å². The van der Waals surface area contributed by atoms with Crippen molar-refractivity contribution in [1.82, 2.24) is 20.3 Å². The summed E-state index contributed by atoms with van der Waals surface area (Å²) in [6, 6.07) is 10.8. The first-order valence-electron chi connectivity index (χ1n) is 12.4. The fourth-order valence-electron chi connectivity index (χ4n) is 4.95. The number of nitro groups is 1. The van der Waals surface area contributed by atoms with Crippen molar-refractivity contribution in [3.63, 3.8) is 0 Å². The van der Waals surface area contributed by atoms with E-state index in [-0.39, 0.29) is 16.7 Å². The van der Waals surface area contributed by atoms with E-state index in [1.54, 1.807) is 24.3 Å². The van der Waals surface area contributed by atoms with Crippen molar-refractivity contribution in [1.29, 1.82) is 0 Å². The molecule has 2 aliphatic rings. The molecule has 0 bridgehead atoms. The SMILES string of the molecule is COc1ccc(N(C=O)N2CCC(Nc3ncnc4cc(N5CCNCC5)c([N+](=O)[O-])cc34)CC2)cc1. The summed E-state index contributed by atoms with van der Waals surface area (Å²) >= 11 is 0. The number of amides is 1. The van der Waals surface area contributed by atoms with Crippen molar-refractivity contribution in [2.75, 3.05) is 61.6 Å². The van der Waals surface area contributed by atoms with Gasteiger partial charge in [-0.25, -0.2) is 20.0 Å². The molecular formula is C25H30N8O4. The molecule has 2 fully saturated rings. The zero-order valence-corrected chi connectivity index (χ0v) is 20.7. The molecule has 2 aromatic carbocycles. The number of ether oxygens (including phenoxy) is 1. The lowest BCUT2D eigenvalue weighted by atomic mass is 10.1. The third-order valence-corrected chi connectivity index (χ3v) is 6.94. The van der Waals surface area contributed by atoms with E-state index in [2.05, 4.69) is 20.6 Å². The first-order valence-corrected chi connectivity index (χ1v) is 12.4. The van der Waals surface area contributed by atoms with Gasteiger partial charge in [0.2, 0.25) is 6.41 Å². The number of nitrogens with one attached hydrogen (secondary N) is 2. The molecule has 0 unspecified atom stereocenters. The van der Waals surface area contributed by atoms with E-state index >= 15 is 0 Å². The number of nitro benzene ring substituents is 1. The van der Waals surface area contributed by atoms with Gasteiger partial charge in [-0.05, 0) is 43.2 Å². The molecule has 12 heteroatoms. The molecule has 2 aliphatic heterocycles. The van der Waals surface area contributed by atoms with E-state index in [0.717, 1.165) is 43.8 Å². The van der Waals surface area contributed by atoms with Gasteiger partial charge in [-0.2, -0.15) is 0 Å². The highest BCUT2D eigenvalue weighted by Gasteiger charge is 2.27. The van der Waals surface area contributed by atoms with Crippen LogP contribution in [0.5, 0.6) is 5.75 Å². The van der Waals surface area contributed by atoms with Gasteiger partial charge in [0.25, 0.3) is 5.69 Å². The van der Waals surface area contributed by atoms with Crippen LogP contribution in [-0.2, 0) is 4.79 Å². The molecule has 1 aromatic heterocycles. The van der Waals surface area contributed by atoms with Crippen molar-refractivity contribution in [2.24, 2.45) is 0 Å². The fraction of sp³-hybridized carbons (Fsp3) is 0.400. The lowest BCUT2D eigenvalue weighted by Crippen LogP contribution is -2.49. The third kappa shape index (κ3) is 5.25. The normalized spacial score (nSPS) is 16.9. The van der Waals surface area contributed by atoms with Gasteiger partial charge in [0.15, 0.2) is 0 Å². The number of methoxy groups -OCH3 is 1. The quantitative estimate of drug-likeness (QED) is 0.267. The summed E-state index contributed by atoms with van der Waals surface area (Å²) in [5, 5.41) is 23.0. The summed E-state index contributed by atoms with van der Waals surface area (Å²) in [7, 11) is 1.61. The number of hydrazine groups is 1. The number of carbonyl (C=O) groups is 1. The molecule has 194 valence electrons. The highest BCUT2D eigenvalue weighted by atomic mass is 16.6. The third-order valence-electron chi connectivity index (χ3n) is 6.94. The van der Waals surface area contributed by atoms with E-state index < -0.39 is 0 Å². The average molecular weight is 507 g/mol. The monoisotopic (exact) mass is 506 g/mol. The smallest absolute Gasteiger partial charge is 0.293 e. The Morgan fingerprint density at radius 3 is 2.51 bits per heavy atom. The molecule has 0 spiro atoms. The topological polar surface area (TPSA) is 129 Å². The summed E-state index contributed by atoms with van der Waals surface area (Å²) in [4.78, 5) is 34.3. The number of anilines is 3. The van der Waals surface area contributed by atoms with Gasteiger partial charge in [0, 0.05) is 56.8 Å². The maximum Gasteiger partial charge on any atom is 0.293 e. The molecule has 3 aromatic rings. The maximum absolute atomic E-state index is 11.9. The summed E-state index contributed by atoms with van der Waals surface area (Å²) in [6.07, 6.45) is 3.85. The molecule has 1 amide bonds. The standard InChI is InChI=1S/C25H30N8O4/c1-37-20-4-2-19(3-5-20)32(17-34)31-10-6-18(7-11-31)29-25-21-14-24(33(35)36)23(15-22(21)27-16-28-25)30-12-8-26-9-13-30/h2-5,14-18,26H,6-13H2,1H3,(H,27,28,29). The van der Waals surface area contributed by atoms with E-state index in [1.165, 1.54) is 6.33 Å².